The molecule has 1 aromatic carbocycles. The molecule has 0 bridgehead atoms. The van der Waals surface area contributed by atoms with Gasteiger partial charge in [0.05, 0.1) is 0 Å². The van der Waals surface area contributed by atoms with Gasteiger partial charge in [0, 0.05) is 5.92 Å². The predicted octanol–water partition coefficient (Wildman–Crippen LogP) is 0.390. The van der Waals surface area contributed by atoms with Crippen LogP contribution < -0.4 is 5.73 Å². The molecule has 1 aromatic rings. The highest BCUT2D eigenvalue weighted by Crippen LogP contribution is 2.50. The van der Waals surface area contributed by atoms with E-state index in [-0.39, 0.29) is 5.92 Å². The Morgan fingerprint density at radius 1 is 1.46 bits per heavy atom. The van der Waals surface area contributed by atoms with Gasteiger partial charge in [-0.25, -0.2) is 0 Å². The molecule has 0 spiro atoms. The molecule has 13 heavy (non-hydrogen) atoms. The summed E-state index contributed by atoms with van der Waals surface area (Å²) in [5.74, 6) is -0.729. The fraction of sp³-hybridized carbons (Fsp3) is 0.300. The molecule has 3 heteroatoms. The minimum Gasteiger partial charge on any atom is -0.379 e. The second-order valence-corrected chi connectivity index (χ2v) is 3.46. The van der Waals surface area contributed by atoms with Crippen molar-refractivity contribution in [3.8, 4) is 0 Å². The van der Waals surface area contributed by atoms with E-state index < -0.39 is 11.5 Å². The minimum atomic E-state index is -1.29. The van der Waals surface area contributed by atoms with E-state index in [0.29, 0.717) is 6.42 Å². The Morgan fingerprint density at radius 2 is 2.08 bits per heavy atom. The zero-order chi connectivity index (χ0) is 9.47. The normalized spacial score (nSPS) is 31.3. The third-order valence-corrected chi connectivity index (χ3v) is 2.56. The number of nitrogens with two attached hydrogens (primary N) is 1. The quantitative estimate of drug-likeness (QED) is 0.686. The van der Waals surface area contributed by atoms with Crippen LogP contribution in [-0.2, 0) is 4.79 Å². The van der Waals surface area contributed by atoms with Crippen molar-refractivity contribution in [1.29, 1.82) is 0 Å². The highest BCUT2D eigenvalue weighted by atomic mass is 16.3. The molecule has 68 valence electrons. The van der Waals surface area contributed by atoms with Crippen molar-refractivity contribution in [1.82, 2.24) is 0 Å². The van der Waals surface area contributed by atoms with E-state index in [9.17, 15) is 9.90 Å². The molecule has 0 saturated heterocycles. The summed E-state index contributed by atoms with van der Waals surface area (Å²) in [6.45, 7) is 0. The number of amides is 1. The van der Waals surface area contributed by atoms with Crippen LogP contribution >= 0.6 is 0 Å². The van der Waals surface area contributed by atoms with Crippen LogP contribution in [0.2, 0.25) is 0 Å². The summed E-state index contributed by atoms with van der Waals surface area (Å²) in [7, 11) is 0. The molecule has 0 aromatic heterocycles. The zero-order valence-corrected chi connectivity index (χ0v) is 7.10. The summed E-state index contributed by atoms with van der Waals surface area (Å²) in [4.78, 5) is 10.8. The predicted molar refractivity (Wildman–Crippen MR) is 47.9 cm³/mol. The van der Waals surface area contributed by atoms with Crippen molar-refractivity contribution in [3.05, 3.63) is 35.9 Å². The van der Waals surface area contributed by atoms with Crippen molar-refractivity contribution < 1.29 is 9.90 Å². The van der Waals surface area contributed by atoms with E-state index in [2.05, 4.69) is 0 Å². The lowest BCUT2D eigenvalue weighted by atomic mass is 10.1. The molecule has 2 unspecified atom stereocenters. The standard InChI is InChI=1S/C10H11NO2/c11-9(12)10(13)6-8(10)7-4-2-1-3-5-7/h1-5,8,13H,6H2,(H2,11,12). The molecule has 1 saturated carbocycles. The highest BCUT2D eigenvalue weighted by molar-refractivity contribution is 5.88. The average molecular weight is 177 g/mol. The van der Waals surface area contributed by atoms with Crippen molar-refractivity contribution >= 4 is 5.91 Å². The molecule has 1 amide bonds. The lowest BCUT2D eigenvalue weighted by Gasteiger charge is -2.04. The molecule has 0 radical (unpaired) electrons. The van der Waals surface area contributed by atoms with Crippen molar-refractivity contribution in [2.45, 2.75) is 17.9 Å². The monoisotopic (exact) mass is 177 g/mol. The average Bonchev–Trinajstić information content (AvgIpc) is 2.81. The van der Waals surface area contributed by atoms with Gasteiger partial charge < -0.3 is 10.8 Å². The smallest absolute Gasteiger partial charge is 0.250 e. The number of carbonyl (C=O) groups excluding carboxylic acids is 1. The summed E-state index contributed by atoms with van der Waals surface area (Å²) in [5.41, 5.74) is 4.76. The number of primary amides is 1. The lowest BCUT2D eigenvalue weighted by molar-refractivity contribution is -0.128. The number of hydrogen-bond donors (Lipinski definition) is 2. The number of rotatable bonds is 2. The fourth-order valence-electron chi connectivity index (χ4n) is 1.60. The SMILES string of the molecule is NC(=O)C1(O)CC1c1ccccc1. The van der Waals surface area contributed by atoms with Crippen LogP contribution in [0, 0.1) is 0 Å². The Bertz CT molecular complexity index is 336. The van der Waals surface area contributed by atoms with E-state index in [1.165, 1.54) is 0 Å². The van der Waals surface area contributed by atoms with Crippen molar-refractivity contribution in [2.75, 3.05) is 0 Å². The number of carbonyl (C=O) groups is 1. The summed E-state index contributed by atoms with van der Waals surface area (Å²) < 4.78 is 0. The van der Waals surface area contributed by atoms with Gasteiger partial charge in [0.2, 0.25) is 5.91 Å². The van der Waals surface area contributed by atoms with Gasteiger partial charge in [-0.05, 0) is 12.0 Å². The molecule has 2 rings (SSSR count). The minimum absolute atomic E-state index is 0.105. The fourth-order valence-corrected chi connectivity index (χ4v) is 1.60. The number of benzene rings is 1. The van der Waals surface area contributed by atoms with Crippen LogP contribution in [0.1, 0.15) is 17.9 Å². The van der Waals surface area contributed by atoms with E-state index in [4.69, 9.17) is 5.73 Å². The van der Waals surface area contributed by atoms with E-state index >= 15 is 0 Å². The molecule has 0 aliphatic heterocycles. The van der Waals surface area contributed by atoms with Gasteiger partial charge in [-0.3, -0.25) is 4.79 Å². The van der Waals surface area contributed by atoms with E-state index in [0.717, 1.165) is 5.56 Å². The highest BCUT2D eigenvalue weighted by Gasteiger charge is 2.58. The molecule has 3 N–H and O–H groups in total. The Kier molecular flexibility index (Phi) is 1.63. The van der Waals surface area contributed by atoms with E-state index in [1.54, 1.807) is 0 Å². The van der Waals surface area contributed by atoms with Gasteiger partial charge in [0.1, 0.15) is 0 Å². The van der Waals surface area contributed by atoms with Crippen LogP contribution in [-0.4, -0.2) is 16.6 Å². The van der Waals surface area contributed by atoms with E-state index in [1.807, 2.05) is 30.3 Å². The Hall–Kier alpha value is -1.35. The maximum absolute atomic E-state index is 10.8. The first-order valence-corrected chi connectivity index (χ1v) is 4.22. The molecule has 2 atom stereocenters. The largest absolute Gasteiger partial charge is 0.379 e. The van der Waals surface area contributed by atoms with Gasteiger partial charge in [-0.15, -0.1) is 0 Å². The molecule has 1 aliphatic carbocycles. The third kappa shape index (κ3) is 1.21. The second kappa shape index (κ2) is 2.57. The summed E-state index contributed by atoms with van der Waals surface area (Å²) in [6.07, 6.45) is 0.451. The Labute approximate surface area is 76.2 Å². The van der Waals surface area contributed by atoms with Crippen LogP contribution in [0.5, 0.6) is 0 Å². The first kappa shape index (κ1) is 8.26. The maximum Gasteiger partial charge on any atom is 0.250 e. The van der Waals surface area contributed by atoms with Crippen LogP contribution in [0.4, 0.5) is 0 Å². The molecule has 1 aliphatic rings. The van der Waals surface area contributed by atoms with Gasteiger partial charge in [-0.2, -0.15) is 0 Å². The Balaban J connectivity index is 2.21. The molecule has 3 nitrogen and oxygen atoms in total. The van der Waals surface area contributed by atoms with Crippen LogP contribution in [0.25, 0.3) is 0 Å². The Morgan fingerprint density at radius 3 is 2.54 bits per heavy atom. The van der Waals surface area contributed by atoms with Crippen molar-refractivity contribution in [2.24, 2.45) is 5.73 Å². The maximum atomic E-state index is 10.8. The van der Waals surface area contributed by atoms with Gasteiger partial charge >= 0.3 is 0 Å². The van der Waals surface area contributed by atoms with Gasteiger partial charge in [0.15, 0.2) is 5.60 Å². The number of aliphatic hydroxyl groups is 1. The van der Waals surface area contributed by atoms with Crippen LogP contribution in [0.3, 0.4) is 0 Å². The molecule has 0 heterocycles. The lowest BCUT2D eigenvalue weighted by Crippen LogP contribution is -2.31. The zero-order valence-electron chi connectivity index (χ0n) is 7.10. The first-order valence-electron chi connectivity index (χ1n) is 4.22. The molecule has 1 fully saturated rings. The second-order valence-electron chi connectivity index (χ2n) is 3.46. The van der Waals surface area contributed by atoms with Gasteiger partial charge in [-0.1, -0.05) is 30.3 Å². The molecular formula is C10H11NO2. The van der Waals surface area contributed by atoms with Gasteiger partial charge in [0.25, 0.3) is 0 Å². The summed E-state index contributed by atoms with van der Waals surface area (Å²) in [5, 5.41) is 9.64. The number of hydrogen-bond acceptors (Lipinski definition) is 2. The first-order chi connectivity index (χ1) is 6.14. The topological polar surface area (TPSA) is 63.3 Å². The summed E-state index contributed by atoms with van der Waals surface area (Å²) in [6, 6.07) is 9.45. The summed E-state index contributed by atoms with van der Waals surface area (Å²) >= 11 is 0. The van der Waals surface area contributed by atoms with Crippen molar-refractivity contribution in [3.63, 3.8) is 0 Å². The molecular weight excluding hydrogens is 166 g/mol. The van der Waals surface area contributed by atoms with Crippen LogP contribution in [0.15, 0.2) is 30.3 Å². The third-order valence-electron chi connectivity index (χ3n) is 2.56.